The highest BCUT2D eigenvalue weighted by Crippen LogP contribution is 2.26. The van der Waals surface area contributed by atoms with E-state index in [2.05, 4.69) is 35.0 Å². The van der Waals surface area contributed by atoms with Crippen molar-refractivity contribution >= 4 is 16.7 Å². The highest BCUT2D eigenvalue weighted by Gasteiger charge is 2.26. The number of nitrogens with zero attached hydrogens (tertiary/aromatic N) is 3. The molecule has 1 fully saturated rings. The molecule has 1 saturated heterocycles. The van der Waals surface area contributed by atoms with Crippen molar-refractivity contribution in [3.05, 3.63) is 5.82 Å². The number of hydrogen-bond donors (Lipinski definition) is 1. The van der Waals surface area contributed by atoms with Gasteiger partial charge in [0, 0.05) is 30.5 Å². The lowest BCUT2D eigenvalue weighted by molar-refractivity contribution is 0.0971. The predicted molar refractivity (Wildman–Crippen MR) is 66.0 cm³/mol. The molecule has 90 valence electrons. The lowest BCUT2D eigenvalue weighted by Gasteiger charge is -2.33. The Morgan fingerprint density at radius 2 is 2.25 bits per heavy atom. The molecule has 16 heavy (non-hydrogen) atoms. The number of aliphatic hydroxyl groups is 1. The molecular weight excluding hydrogens is 222 g/mol. The fourth-order valence-electron chi connectivity index (χ4n) is 1.90. The van der Waals surface area contributed by atoms with E-state index in [-0.39, 0.29) is 6.10 Å². The number of aliphatic hydroxyl groups excluding tert-OH is 1. The van der Waals surface area contributed by atoms with Crippen LogP contribution >= 0.6 is 11.5 Å². The van der Waals surface area contributed by atoms with E-state index in [0.717, 1.165) is 30.5 Å². The van der Waals surface area contributed by atoms with Crippen molar-refractivity contribution in [1.29, 1.82) is 0 Å². The molecule has 4 nitrogen and oxygen atoms in total. The van der Waals surface area contributed by atoms with Gasteiger partial charge in [0.15, 0.2) is 0 Å². The minimum atomic E-state index is -0.159. The first-order chi connectivity index (χ1) is 7.58. The predicted octanol–water partition coefficient (Wildman–Crippen LogP) is 1.87. The van der Waals surface area contributed by atoms with Crippen molar-refractivity contribution in [3.63, 3.8) is 0 Å². The molecule has 0 aliphatic carbocycles. The van der Waals surface area contributed by atoms with Crippen LogP contribution in [0.5, 0.6) is 0 Å². The van der Waals surface area contributed by atoms with Crippen molar-refractivity contribution in [1.82, 2.24) is 9.36 Å². The summed E-state index contributed by atoms with van der Waals surface area (Å²) in [6.45, 7) is 8.07. The molecule has 0 saturated carbocycles. The Balaban J connectivity index is 2.07. The van der Waals surface area contributed by atoms with Gasteiger partial charge in [-0.25, -0.2) is 4.98 Å². The van der Waals surface area contributed by atoms with E-state index in [9.17, 15) is 5.11 Å². The summed E-state index contributed by atoms with van der Waals surface area (Å²) >= 11 is 1.47. The highest BCUT2D eigenvalue weighted by molar-refractivity contribution is 7.09. The Labute approximate surface area is 100 Å². The molecule has 0 spiro atoms. The first-order valence-corrected chi connectivity index (χ1v) is 6.62. The SMILES string of the molecule is CC(C)c1nsc(N2CCC(O)C(C)C2)n1. The molecule has 0 radical (unpaired) electrons. The quantitative estimate of drug-likeness (QED) is 0.858. The smallest absolute Gasteiger partial charge is 0.205 e. The third-order valence-corrected chi connectivity index (χ3v) is 3.87. The molecule has 0 bridgehead atoms. The zero-order valence-electron chi connectivity index (χ0n) is 10.1. The second-order valence-electron chi connectivity index (χ2n) is 4.87. The summed E-state index contributed by atoms with van der Waals surface area (Å²) in [6.07, 6.45) is 0.673. The molecule has 1 aromatic rings. The number of piperidine rings is 1. The van der Waals surface area contributed by atoms with Crippen LogP contribution in [0.2, 0.25) is 0 Å². The molecular formula is C11H19N3OS. The standard InChI is InChI=1S/C11H19N3OS/c1-7(2)10-12-11(16-13-10)14-5-4-9(15)8(3)6-14/h7-9,15H,4-6H2,1-3H3. The molecule has 2 heterocycles. The summed E-state index contributed by atoms with van der Waals surface area (Å²) in [5, 5.41) is 10.7. The molecule has 2 rings (SSSR count). The first-order valence-electron chi connectivity index (χ1n) is 5.84. The minimum Gasteiger partial charge on any atom is -0.393 e. The lowest BCUT2D eigenvalue weighted by atomic mass is 9.97. The van der Waals surface area contributed by atoms with Crippen LogP contribution in [0.4, 0.5) is 5.13 Å². The third-order valence-electron chi connectivity index (χ3n) is 3.08. The summed E-state index contributed by atoms with van der Waals surface area (Å²) in [7, 11) is 0. The van der Waals surface area contributed by atoms with Crippen molar-refractivity contribution in [2.45, 2.75) is 39.2 Å². The van der Waals surface area contributed by atoms with E-state index in [1.807, 2.05) is 0 Å². The zero-order valence-corrected chi connectivity index (χ0v) is 10.9. The van der Waals surface area contributed by atoms with E-state index >= 15 is 0 Å². The number of aromatic nitrogens is 2. The van der Waals surface area contributed by atoms with Gasteiger partial charge in [-0.2, -0.15) is 4.37 Å². The lowest BCUT2D eigenvalue weighted by Crippen LogP contribution is -2.41. The summed E-state index contributed by atoms with van der Waals surface area (Å²) in [6, 6.07) is 0. The molecule has 1 aromatic heterocycles. The monoisotopic (exact) mass is 241 g/mol. The van der Waals surface area contributed by atoms with Gasteiger partial charge in [-0.15, -0.1) is 0 Å². The Bertz CT molecular complexity index is 353. The minimum absolute atomic E-state index is 0.159. The van der Waals surface area contributed by atoms with Crippen molar-refractivity contribution < 1.29 is 5.11 Å². The Morgan fingerprint density at radius 3 is 2.81 bits per heavy atom. The van der Waals surface area contributed by atoms with Crippen LogP contribution in [-0.2, 0) is 0 Å². The van der Waals surface area contributed by atoms with E-state index < -0.39 is 0 Å². The van der Waals surface area contributed by atoms with E-state index in [1.54, 1.807) is 0 Å². The maximum atomic E-state index is 9.68. The van der Waals surface area contributed by atoms with E-state index in [0.29, 0.717) is 11.8 Å². The maximum absolute atomic E-state index is 9.68. The van der Waals surface area contributed by atoms with Crippen molar-refractivity contribution in [3.8, 4) is 0 Å². The fraction of sp³-hybridized carbons (Fsp3) is 0.818. The molecule has 1 aliphatic rings. The van der Waals surface area contributed by atoms with Gasteiger partial charge in [0.2, 0.25) is 5.13 Å². The third kappa shape index (κ3) is 2.35. The molecule has 1 N–H and O–H groups in total. The number of rotatable bonds is 2. The van der Waals surface area contributed by atoms with Crippen LogP contribution in [0.15, 0.2) is 0 Å². The van der Waals surface area contributed by atoms with Crippen LogP contribution in [0, 0.1) is 5.92 Å². The Kier molecular flexibility index (Phi) is 3.44. The van der Waals surface area contributed by atoms with Crippen molar-refractivity contribution in [2.75, 3.05) is 18.0 Å². The summed E-state index contributed by atoms with van der Waals surface area (Å²) < 4.78 is 4.36. The summed E-state index contributed by atoms with van der Waals surface area (Å²) in [5.41, 5.74) is 0. The molecule has 0 aromatic carbocycles. The van der Waals surface area contributed by atoms with Crippen LogP contribution in [0.1, 0.15) is 38.9 Å². The van der Waals surface area contributed by atoms with Crippen LogP contribution < -0.4 is 4.90 Å². The van der Waals surface area contributed by atoms with E-state index in [4.69, 9.17) is 0 Å². The average molecular weight is 241 g/mol. The Morgan fingerprint density at radius 1 is 1.50 bits per heavy atom. The van der Waals surface area contributed by atoms with Gasteiger partial charge in [0.1, 0.15) is 5.82 Å². The van der Waals surface area contributed by atoms with Gasteiger partial charge >= 0.3 is 0 Å². The van der Waals surface area contributed by atoms with Gasteiger partial charge in [0.05, 0.1) is 6.10 Å². The molecule has 1 aliphatic heterocycles. The summed E-state index contributed by atoms with van der Waals surface area (Å²) in [5.74, 6) is 1.64. The second-order valence-corrected chi connectivity index (χ2v) is 5.60. The molecule has 2 atom stereocenters. The maximum Gasteiger partial charge on any atom is 0.205 e. The van der Waals surface area contributed by atoms with Gasteiger partial charge < -0.3 is 10.0 Å². The van der Waals surface area contributed by atoms with Crippen LogP contribution in [-0.4, -0.2) is 33.7 Å². The number of anilines is 1. The van der Waals surface area contributed by atoms with Crippen LogP contribution in [0.25, 0.3) is 0 Å². The Hall–Kier alpha value is -0.680. The fourth-order valence-corrected chi connectivity index (χ4v) is 2.74. The van der Waals surface area contributed by atoms with Gasteiger partial charge in [-0.05, 0) is 12.3 Å². The molecule has 2 unspecified atom stereocenters. The van der Waals surface area contributed by atoms with Crippen LogP contribution in [0.3, 0.4) is 0 Å². The largest absolute Gasteiger partial charge is 0.393 e. The molecule has 0 amide bonds. The zero-order chi connectivity index (χ0) is 11.7. The van der Waals surface area contributed by atoms with Gasteiger partial charge in [-0.3, -0.25) is 0 Å². The summed E-state index contributed by atoms with van der Waals surface area (Å²) in [4.78, 5) is 6.78. The first kappa shape index (κ1) is 11.8. The average Bonchev–Trinajstić information content (AvgIpc) is 2.71. The van der Waals surface area contributed by atoms with Crippen molar-refractivity contribution in [2.24, 2.45) is 5.92 Å². The molecule has 5 heteroatoms. The highest BCUT2D eigenvalue weighted by atomic mass is 32.1. The van der Waals surface area contributed by atoms with Gasteiger partial charge in [-0.1, -0.05) is 20.8 Å². The van der Waals surface area contributed by atoms with E-state index in [1.165, 1.54) is 11.5 Å². The second kappa shape index (κ2) is 4.67. The topological polar surface area (TPSA) is 49.2 Å². The normalized spacial score (nSPS) is 26.4. The number of hydrogen-bond acceptors (Lipinski definition) is 5. The van der Waals surface area contributed by atoms with Gasteiger partial charge in [0.25, 0.3) is 0 Å².